The Balaban J connectivity index is 1.71. The zero-order chi connectivity index (χ0) is 24.8. The van der Waals surface area contributed by atoms with E-state index < -0.39 is 6.04 Å². The average molecular weight is 493 g/mol. The summed E-state index contributed by atoms with van der Waals surface area (Å²) in [6.07, 6.45) is 3.75. The number of allylic oxidation sites excluding steroid dienone is 1. The summed E-state index contributed by atoms with van der Waals surface area (Å²) in [5.74, 6) is 0.935. The van der Waals surface area contributed by atoms with Crippen LogP contribution >= 0.6 is 11.8 Å². The molecule has 2 amide bonds. The highest BCUT2D eigenvalue weighted by Crippen LogP contribution is 2.37. The first-order chi connectivity index (χ1) is 17.0. The topological polar surface area (TPSA) is 80.5 Å². The van der Waals surface area contributed by atoms with E-state index in [0.29, 0.717) is 31.5 Å². The first-order valence-corrected chi connectivity index (χ1v) is 13.2. The third kappa shape index (κ3) is 5.60. The normalized spacial score (nSPS) is 16.1. The lowest BCUT2D eigenvalue weighted by Gasteiger charge is -2.35. The number of carbonyl (C=O) groups excluding carboxylic acids is 1. The molecular formula is C27H32N4O3S. The summed E-state index contributed by atoms with van der Waals surface area (Å²) in [6.45, 7) is 7.83. The van der Waals surface area contributed by atoms with Gasteiger partial charge in [0.1, 0.15) is 0 Å². The molecule has 184 valence electrons. The molecule has 1 unspecified atom stereocenters. The zero-order valence-electron chi connectivity index (χ0n) is 20.7. The average Bonchev–Trinajstić information content (AvgIpc) is 3.37. The predicted molar refractivity (Wildman–Crippen MR) is 139 cm³/mol. The molecule has 0 fully saturated rings. The van der Waals surface area contributed by atoms with Crippen LogP contribution in [-0.4, -0.2) is 47.1 Å². The van der Waals surface area contributed by atoms with Crippen LogP contribution in [0.2, 0.25) is 0 Å². The van der Waals surface area contributed by atoms with Gasteiger partial charge in [-0.05, 0) is 56.2 Å². The first kappa shape index (κ1) is 25.0. The standard InChI is InChI=1S/C27H32N4O3S/c1-5-19-8-10-21(11-9-19)25-29-26(34-30-25)23-18(3)31(16-7-17-33-6-2)27(32)28-24(23)20-12-14-22(35-4)15-13-20/h8-15,24H,5-7,16-17H2,1-4H3,(H,28,32). The number of urea groups is 1. The summed E-state index contributed by atoms with van der Waals surface area (Å²) in [7, 11) is 0. The second kappa shape index (κ2) is 11.6. The number of aryl methyl sites for hydroxylation is 1. The Hall–Kier alpha value is -3.10. The van der Waals surface area contributed by atoms with E-state index in [-0.39, 0.29) is 6.03 Å². The number of rotatable bonds is 10. The van der Waals surface area contributed by atoms with Gasteiger partial charge in [0.2, 0.25) is 5.82 Å². The highest BCUT2D eigenvalue weighted by atomic mass is 32.2. The summed E-state index contributed by atoms with van der Waals surface area (Å²) >= 11 is 1.68. The van der Waals surface area contributed by atoms with E-state index in [0.717, 1.165) is 40.1 Å². The molecule has 0 spiro atoms. The van der Waals surface area contributed by atoms with Crippen LogP contribution in [0, 0.1) is 0 Å². The third-order valence-electron chi connectivity index (χ3n) is 6.20. The number of thioether (sulfide) groups is 1. The van der Waals surface area contributed by atoms with Crippen molar-refractivity contribution >= 4 is 23.4 Å². The maximum Gasteiger partial charge on any atom is 0.322 e. The van der Waals surface area contributed by atoms with Crippen LogP contribution in [0.5, 0.6) is 0 Å². The van der Waals surface area contributed by atoms with Crippen LogP contribution < -0.4 is 5.32 Å². The minimum absolute atomic E-state index is 0.142. The van der Waals surface area contributed by atoms with Crippen molar-refractivity contribution in [2.75, 3.05) is 26.0 Å². The van der Waals surface area contributed by atoms with Crippen molar-refractivity contribution in [1.29, 1.82) is 0 Å². The lowest BCUT2D eigenvalue weighted by molar-refractivity contribution is 0.136. The van der Waals surface area contributed by atoms with Crippen LogP contribution in [0.4, 0.5) is 4.79 Å². The van der Waals surface area contributed by atoms with E-state index in [9.17, 15) is 4.79 Å². The Kier molecular flexibility index (Phi) is 8.25. The number of benzene rings is 2. The second-order valence-electron chi connectivity index (χ2n) is 8.33. The maximum absolute atomic E-state index is 13.1. The molecule has 8 heteroatoms. The van der Waals surface area contributed by atoms with Crippen LogP contribution in [0.25, 0.3) is 17.0 Å². The predicted octanol–water partition coefficient (Wildman–Crippen LogP) is 5.95. The fourth-order valence-electron chi connectivity index (χ4n) is 4.18. The molecule has 0 aliphatic carbocycles. The van der Waals surface area contributed by atoms with Crippen molar-refractivity contribution in [1.82, 2.24) is 20.4 Å². The molecule has 7 nitrogen and oxygen atoms in total. The number of carbonyl (C=O) groups is 1. The number of hydrogen-bond acceptors (Lipinski definition) is 6. The summed E-state index contributed by atoms with van der Waals surface area (Å²) in [6, 6.07) is 15.8. The van der Waals surface area contributed by atoms with Gasteiger partial charge >= 0.3 is 6.03 Å². The van der Waals surface area contributed by atoms with Crippen molar-refractivity contribution in [2.45, 2.75) is 44.6 Å². The molecule has 0 saturated carbocycles. The number of aromatic nitrogens is 2. The highest BCUT2D eigenvalue weighted by molar-refractivity contribution is 7.98. The summed E-state index contributed by atoms with van der Waals surface area (Å²) in [4.78, 5) is 20.8. The molecule has 1 aliphatic rings. The highest BCUT2D eigenvalue weighted by Gasteiger charge is 2.35. The molecule has 1 N–H and O–H groups in total. The van der Waals surface area contributed by atoms with Gasteiger partial charge in [-0.3, -0.25) is 4.90 Å². The number of amides is 2. The van der Waals surface area contributed by atoms with E-state index in [2.05, 4.69) is 41.7 Å². The Labute approximate surface area is 210 Å². The molecule has 2 aromatic carbocycles. The van der Waals surface area contributed by atoms with Crippen molar-refractivity contribution in [2.24, 2.45) is 0 Å². The van der Waals surface area contributed by atoms with E-state index in [1.54, 1.807) is 16.7 Å². The fourth-order valence-corrected chi connectivity index (χ4v) is 4.59. The molecule has 0 saturated heterocycles. The van der Waals surface area contributed by atoms with Crippen molar-refractivity contribution < 1.29 is 14.1 Å². The quantitative estimate of drug-likeness (QED) is 0.278. The molecule has 1 aliphatic heterocycles. The van der Waals surface area contributed by atoms with Crippen LogP contribution in [0.1, 0.15) is 50.3 Å². The van der Waals surface area contributed by atoms with E-state index in [1.807, 2.05) is 44.4 Å². The SMILES string of the molecule is CCOCCCN1C(=O)NC(c2ccc(SC)cc2)C(c2nc(-c3ccc(CC)cc3)no2)=C1C. The molecular weight excluding hydrogens is 460 g/mol. The van der Waals surface area contributed by atoms with Gasteiger partial charge < -0.3 is 14.6 Å². The summed E-state index contributed by atoms with van der Waals surface area (Å²) < 4.78 is 11.3. The molecule has 0 bridgehead atoms. The van der Waals surface area contributed by atoms with Gasteiger partial charge in [0.25, 0.3) is 5.89 Å². The molecule has 1 aromatic heterocycles. The molecule has 0 radical (unpaired) electrons. The number of hydrogen-bond donors (Lipinski definition) is 1. The first-order valence-electron chi connectivity index (χ1n) is 12.0. The number of nitrogens with one attached hydrogen (secondary N) is 1. The fraction of sp³-hybridized carbons (Fsp3) is 0.370. The van der Waals surface area contributed by atoms with E-state index >= 15 is 0 Å². The maximum atomic E-state index is 13.1. The minimum Gasteiger partial charge on any atom is -0.382 e. The van der Waals surface area contributed by atoms with Gasteiger partial charge in [-0.1, -0.05) is 48.5 Å². The Morgan fingerprint density at radius 1 is 1.11 bits per heavy atom. The second-order valence-corrected chi connectivity index (χ2v) is 9.21. The molecule has 4 rings (SSSR count). The Morgan fingerprint density at radius 2 is 1.86 bits per heavy atom. The number of nitrogens with zero attached hydrogens (tertiary/aromatic N) is 3. The molecule has 2 heterocycles. The lowest BCUT2D eigenvalue weighted by Crippen LogP contribution is -2.46. The van der Waals surface area contributed by atoms with Crippen LogP contribution in [0.15, 0.2) is 63.6 Å². The van der Waals surface area contributed by atoms with Crippen LogP contribution in [-0.2, 0) is 11.2 Å². The van der Waals surface area contributed by atoms with E-state index in [1.165, 1.54) is 5.56 Å². The largest absolute Gasteiger partial charge is 0.382 e. The summed E-state index contributed by atoms with van der Waals surface area (Å²) in [5.41, 5.74) is 4.72. The van der Waals surface area contributed by atoms with Gasteiger partial charge in [-0.15, -0.1) is 11.8 Å². The van der Waals surface area contributed by atoms with E-state index in [4.69, 9.17) is 14.2 Å². The smallest absolute Gasteiger partial charge is 0.322 e. The molecule has 1 atom stereocenters. The van der Waals surface area contributed by atoms with Crippen molar-refractivity contribution in [3.63, 3.8) is 0 Å². The van der Waals surface area contributed by atoms with Gasteiger partial charge in [-0.2, -0.15) is 4.98 Å². The molecule has 35 heavy (non-hydrogen) atoms. The van der Waals surface area contributed by atoms with Crippen LogP contribution in [0.3, 0.4) is 0 Å². The molecule has 3 aromatic rings. The third-order valence-corrected chi connectivity index (χ3v) is 6.94. The van der Waals surface area contributed by atoms with Gasteiger partial charge in [-0.25, -0.2) is 4.79 Å². The van der Waals surface area contributed by atoms with Gasteiger partial charge in [0.05, 0.1) is 11.6 Å². The van der Waals surface area contributed by atoms with Crippen molar-refractivity contribution in [3.8, 4) is 11.4 Å². The monoisotopic (exact) mass is 492 g/mol. The number of ether oxygens (including phenoxy) is 1. The Morgan fingerprint density at radius 3 is 2.51 bits per heavy atom. The van der Waals surface area contributed by atoms with Gasteiger partial charge in [0, 0.05) is 35.9 Å². The minimum atomic E-state index is -0.391. The Bertz CT molecular complexity index is 1170. The van der Waals surface area contributed by atoms with Crippen molar-refractivity contribution in [3.05, 3.63) is 71.2 Å². The summed E-state index contributed by atoms with van der Waals surface area (Å²) in [5, 5.41) is 7.42. The lowest BCUT2D eigenvalue weighted by atomic mass is 9.94. The van der Waals surface area contributed by atoms with Gasteiger partial charge in [0.15, 0.2) is 0 Å². The zero-order valence-corrected chi connectivity index (χ0v) is 21.5.